The second-order valence-corrected chi connectivity index (χ2v) is 7.95. The van der Waals surface area contributed by atoms with Gasteiger partial charge in [-0.2, -0.15) is 0 Å². The zero-order valence-electron chi connectivity index (χ0n) is 13.4. The Balaban J connectivity index is 1.66. The number of nitrogens with one attached hydrogen (secondary N) is 1. The van der Waals surface area contributed by atoms with E-state index in [9.17, 15) is 0 Å². The molecule has 0 spiro atoms. The van der Waals surface area contributed by atoms with E-state index in [-0.39, 0.29) is 6.04 Å². The highest BCUT2D eigenvalue weighted by Gasteiger charge is 2.54. The molecule has 1 aromatic heterocycles. The summed E-state index contributed by atoms with van der Waals surface area (Å²) >= 11 is 0. The monoisotopic (exact) mass is 289 g/mol. The van der Waals surface area contributed by atoms with E-state index in [1.807, 2.05) is 7.05 Å². The van der Waals surface area contributed by atoms with E-state index in [1.165, 1.54) is 38.5 Å². The Hall–Kier alpha value is -0.970. The first-order valence-corrected chi connectivity index (χ1v) is 8.56. The first kappa shape index (κ1) is 13.7. The van der Waals surface area contributed by atoms with Crippen molar-refractivity contribution in [3.63, 3.8) is 0 Å². The highest BCUT2D eigenvalue weighted by molar-refractivity contribution is 5.06. The number of hydrogen-bond donors (Lipinski definition) is 1. The summed E-state index contributed by atoms with van der Waals surface area (Å²) in [5, 5.41) is 15.9. The average Bonchev–Trinajstić information content (AvgIpc) is 2.93. The van der Waals surface area contributed by atoms with Crippen molar-refractivity contribution in [2.45, 2.75) is 64.5 Å². The SMILES string of the molecule is CNC(C)c1nnnn1C(C)C12CC3CC(CC(C3)C1)C2. The Labute approximate surface area is 126 Å². The van der Waals surface area contributed by atoms with E-state index in [0.717, 1.165) is 23.6 Å². The fourth-order valence-electron chi connectivity index (χ4n) is 5.84. The third-order valence-corrected chi connectivity index (χ3v) is 6.68. The summed E-state index contributed by atoms with van der Waals surface area (Å²) < 4.78 is 2.12. The zero-order valence-corrected chi connectivity index (χ0v) is 13.4. The fourth-order valence-corrected chi connectivity index (χ4v) is 5.84. The van der Waals surface area contributed by atoms with Gasteiger partial charge < -0.3 is 5.32 Å². The van der Waals surface area contributed by atoms with Crippen LogP contribution in [0.3, 0.4) is 0 Å². The quantitative estimate of drug-likeness (QED) is 0.926. The topological polar surface area (TPSA) is 55.6 Å². The first-order valence-electron chi connectivity index (χ1n) is 8.56. The summed E-state index contributed by atoms with van der Waals surface area (Å²) in [6.07, 6.45) is 8.65. The first-order chi connectivity index (χ1) is 10.1. The van der Waals surface area contributed by atoms with E-state index >= 15 is 0 Å². The molecule has 0 saturated heterocycles. The van der Waals surface area contributed by atoms with Crippen LogP contribution < -0.4 is 5.32 Å². The molecule has 5 nitrogen and oxygen atoms in total. The van der Waals surface area contributed by atoms with Gasteiger partial charge in [0.15, 0.2) is 5.82 Å². The molecule has 4 fully saturated rings. The maximum absolute atomic E-state index is 4.36. The number of aromatic nitrogens is 4. The van der Waals surface area contributed by atoms with E-state index in [2.05, 4.69) is 39.4 Å². The number of nitrogens with zero attached hydrogens (tertiary/aromatic N) is 4. The van der Waals surface area contributed by atoms with Crippen molar-refractivity contribution >= 4 is 0 Å². The molecule has 1 N–H and O–H groups in total. The lowest BCUT2D eigenvalue weighted by atomic mass is 9.48. The van der Waals surface area contributed by atoms with Gasteiger partial charge in [0.1, 0.15) is 0 Å². The number of hydrogen-bond acceptors (Lipinski definition) is 4. The predicted molar refractivity (Wildman–Crippen MR) is 80.6 cm³/mol. The van der Waals surface area contributed by atoms with Crippen molar-refractivity contribution in [1.82, 2.24) is 25.5 Å². The Kier molecular flexibility index (Phi) is 3.10. The molecule has 4 saturated carbocycles. The minimum atomic E-state index is 0.205. The largest absolute Gasteiger partial charge is 0.311 e. The molecule has 1 heterocycles. The molecule has 5 rings (SSSR count). The summed E-state index contributed by atoms with van der Waals surface area (Å²) in [4.78, 5) is 0. The van der Waals surface area contributed by atoms with Crippen molar-refractivity contribution in [3.8, 4) is 0 Å². The number of rotatable bonds is 4. The third-order valence-electron chi connectivity index (χ3n) is 6.68. The van der Waals surface area contributed by atoms with Crippen molar-refractivity contribution in [2.24, 2.45) is 23.2 Å². The maximum atomic E-state index is 4.36. The van der Waals surface area contributed by atoms with E-state index < -0.39 is 0 Å². The van der Waals surface area contributed by atoms with Gasteiger partial charge in [0.2, 0.25) is 0 Å². The van der Waals surface area contributed by atoms with Gasteiger partial charge in [-0.05, 0) is 93.0 Å². The van der Waals surface area contributed by atoms with Crippen molar-refractivity contribution < 1.29 is 0 Å². The van der Waals surface area contributed by atoms with Crippen LogP contribution in [-0.4, -0.2) is 27.3 Å². The molecule has 0 amide bonds. The van der Waals surface area contributed by atoms with Crippen molar-refractivity contribution in [2.75, 3.05) is 7.05 Å². The van der Waals surface area contributed by atoms with Gasteiger partial charge >= 0.3 is 0 Å². The maximum Gasteiger partial charge on any atom is 0.168 e. The fraction of sp³-hybridized carbons (Fsp3) is 0.938. The molecule has 4 bridgehead atoms. The molecule has 5 heteroatoms. The van der Waals surface area contributed by atoms with Crippen LogP contribution in [0.1, 0.15) is 70.3 Å². The van der Waals surface area contributed by atoms with E-state index in [1.54, 1.807) is 0 Å². The predicted octanol–water partition coefficient (Wildman–Crippen LogP) is 2.73. The summed E-state index contributed by atoms with van der Waals surface area (Å²) in [7, 11) is 1.97. The second kappa shape index (κ2) is 4.77. The summed E-state index contributed by atoms with van der Waals surface area (Å²) in [6, 6.07) is 0.628. The molecule has 1 aromatic rings. The van der Waals surface area contributed by atoms with Gasteiger partial charge in [-0.1, -0.05) is 0 Å². The smallest absolute Gasteiger partial charge is 0.168 e. The minimum absolute atomic E-state index is 0.205. The van der Waals surface area contributed by atoms with Gasteiger partial charge in [-0.15, -0.1) is 5.10 Å². The van der Waals surface area contributed by atoms with Crippen LogP contribution in [0, 0.1) is 23.2 Å². The standard InChI is InChI=1S/C16H27N5/c1-10(17-3)15-18-19-20-21(15)11(2)16-7-12-4-13(8-16)6-14(5-12)9-16/h10-14,17H,4-9H2,1-3H3. The van der Waals surface area contributed by atoms with Crippen LogP contribution in [0.4, 0.5) is 0 Å². The molecule has 0 aliphatic heterocycles. The van der Waals surface area contributed by atoms with Gasteiger partial charge in [0, 0.05) is 0 Å². The molecular weight excluding hydrogens is 262 g/mol. The molecule has 2 unspecified atom stereocenters. The molecule has 21 heavy (non-hydrogen) atoms. The average molecular weight is 289 g/mol. The highest BCUT2D eigenvalue weighted by Crippen LogP contribution is 2.63. The van der Waals surface area contributed by atoms with Crippen LogP contribution >= 0.6 is 0 Å². The summed E-state index contributed by atoms with van der Waals surface area (Å²) in [5.41, 5.74) is 0.451. The van der Waals surface area contributed by atoms with Crippen molar-refractivity contribution in [3.05, 3.63) is 5.82 Å². The van der Waals surface area contributed by atoms with Gasteiger partial charge in [0.25, 0.3) is 0 Å². The molecular formula is C16H27N5. The highest BCUT2D eigenvalue weighted by atomic mass is 15.6. The minimum Gasteiger partial charge on any atom is -0.311 e. The summed E-state index contributed by atoms with van der Waals surface area (Å²) in [5.74, 6) is 3.90. The Morgan fingerprint density at radius 1 is 1.10 bits per heavy atom. The molecule has 0 radical (unpaired) electrons. The van der Waals surface area contributed by atoms with E-state index in [4.69, 9.17) is 0 Å². The lowest BCUT2D eigenvalue weighted by Gasteiger charge is -2.58. The Morgan fingerprint density at radius 2 is 1.67 bits per heavy atom. The van der Waals surface area contributed by atoms with Crippen LogP contribution in [0.25, 0.3) is 0 Å². The third kappa shape index (κ3) is 2.04. The van der Waals surface area contributed by atoms with Crippen LogP contribution in [0.2, 0.25) is 0 Å². The number of tetrazole rings is 1. The Morgan fingerprint density at radius 3 is 2.19 bits per heavy atom. The van der Waals surface area contributed by atoms with Crippen LogP contribution in [0.5, 0.6) is 0 Å². The lowest BCUT2D eigenvalue weighted by Crippen LogP contribution is -2.49. The van der Waals surface area contributed by atoms with Crippen molar-refractivity contribution in [1.29, 1.82) is 0 Å². The zero-order chi connectivity index (χ0) is 14.6. The molecule has 0 aromatic carbocycles. The van der Waals surface area contributed by atoms with Gasteiger partial charge in [-0.3, -0.25) is 0 Å². The van der Waals surface area contributed by atoms with Crippen LogP contribution in [-0.2, 0) is 0 Å². The molecule has 2 atom stereocenters. The molecule has 4 aliphatic rings. The molecule has 116 valence electrons. The van der Waals surface area contributed by atoms with Gasteiger partial charge in [-0.25, -0.2) is 4.68 Å². The van der Waals surface area contributed by atoms with E-state index in [0.29, 0.717) is 11.5 Å². The lowest BCUT2D eigenvalue weighted by molar-refractivity contribution is -0.0820. The van der Waals surface area contributed by atoms with Gasteiger partial charge in [0.05, 0.1) is 12.1 Å². The normalized spacial score (nSPS) is 40.4. The summed E-state index contributed by atoms with van der Waals surface area (Å²) in [6.45, 7) is 4.49. The Bertz CT molecular complexity index is 487. The van der Waals surface area contributed by atoms with Crippen LogP contribution in [0.15, 0.2) is 0 Å². The second-order valence-electron chi connectivity index (χ2n) is 7.95. The molecule has 4 aliphatic carbocycles.